The molecule has 3 heterocycles. The molecule has 1 aromatic carbocycles. The third-order valence-corrected chi connectivity index (χ3v) is 3.92. The second-order valence-corrected chi connectivity index (χ2v) is 5.40. The van der Waals surface area contributed by atoms with E-state index in [4.69, 9.17) is 9.52 Å². The van der Waals surface area contributed by atoms with Gasteiger partial charge in [-0.25, -0.2) is 4.98 Å². The molecule has 0 aliphatic carbocycles. The molecule has 0 unspecified atom stereocenters. The highest BCUT2D eigenvalue weighted by Gasteiger charge is 2.16. The average Bonchev–Trinajstić information content (AvgIpc) is 3.28. The van der Waals surface area contributed by atoms with E-state index < -0.39 is 0 Å². The van der Waals surface area contributed by atoms with Gasteiger partial charge in [-0.2, -0.15) is 5.10 Å². The molecule has 0 saturated carbocycles. The van der Waals surface area contributed by atoms with Crippen LogP contribution in [0.3, 0.4) is 0 Å². The van der Waals surface area contributed by atoms with Crippen LogP contribution in [0.15, 0.2) is 53.2 Å². The molecular formula is C17H16N4O2. The van der Waals surface area contributed by atoms with Crippen LogP contribution in [0.2, 0.25) is 0 Å². The standard InChI is InChI=1S/C17H16N4O2/c1-20-9-8-18-16(20)10-21-14-5-3-2-4-13(14)17(19-21)15-7-6-12(11-22)23-15/h2-9,22H,10-11H2,1H3. The van der Waals surface area contributed by atoms with E-state index in [0.717, 1.165) is 22.4 Å². The van der Waals surface area contributed by atoms with Crippen LogP contribution >= 0.6 is 0 Å². The fourth-order valence-corrected chi connectivity index (χ4v) is 2.70. The third kappa shape index (κ3) is 2.33. The summed E-state index contributed by atoms with van der Waals surface area (Å²) in [6.45, 7) is 0.462. The number of para-hydroxylation sites is 1. The predicted molar refractivity (Wildman–Crippen MR) is 85.7 cm³/mol. The van der Waals surface area contributed by atoms with Crippen molar-refractivity contribution in [2.75, 3.05) is 0 Å². The quantitative estimate of drug-likeness (QED) is 0.629. The van der Waals surface area contributed by atoms with Crippen LogP contribution in [0.25, 0.3) is 22.4 Å². The fraction of sp³-hybridized carbons (Fsp3) is 0.176. The molecule has 0 aliphatic rings. The maximum Gasteiger partial charge on any atom is 0.155 e. The van der Waals surface area contributed by atoms with E-state index in [1.807, 2.05) is 52.8 Å². The Morgan fingerprint density at radius 2 is 2.04 bits per heavy atom. The van der Waals surface area contributed by atoms with Gasteiger partial charge in [0, 0.05) is 24.8 Å². The number of hydrogen-bond acceptors (Lipinski definition) is 4. The highest BCUT2D eigenvalue weighted by molar-refractivity contribution is 5.92. The Balaban J connectivity index is 1.84. The Kier molecular flexibility index (Phi) is 3.24. The smallest absolute Gasteiger partial charge is 0.155 e. The molecule has 23 heavy (non-hydrogen) atoms. The molecule has 6 nitrogen and oxygen atoms in total. The number of aryl methyl sites for hydroxylation is 1. The van der Waals surface area contributed by atoms with Gasteiger partial charge in [0.15, 0.2) is 5.76 Å². The summed E-state index contributed by atoms with van der Waals surface area (Å²) in [6.07, 6.45) is 3.70. The molecular weight excluding hydrogens is 292 g/mol. The van der Waals surface area contributed by atoms with Crippen molar-refractivity contribution in [1.82, 2.24) is 19.3 Å². The van der Waals surface area contributed by atoms with E-state index in [0.29, 0.717) is 18.1 Å². The number of furan rings is 1. The molecule has 4 aromatic rings. The second kappa shape index (κ2) is 5.40. The molecule has 116 valence electrons. The molecule has 0 amide bonds. The summed E-state index contributed by atoms with van der Waals surface area (Å²) in [5.74, 6) is 2.12. The van der Waals surface area contributed by atoms with E-state index in [2.05, 4.69) is 4.98 Å². The van der Waals surface area contributed by atoms with Crippen LogP contribution in [0.4, 0.5) is 0 Å². The van der Waals surface area contributed by atoms with Crippen LogP contribution in [-0.4, -0.2) is 24.4 Å². The zero-order valence-corrected chi connectivity index (χ0v) is 12.7. The lowest BCUT2D eigenvalue weighted by Crippen LogP contribution is -2.07. The molecule has 6 heteroatoms. The zero-order chi connectivity index (χ0) is 15.8. The molecule has 3 aromatic heterocycles. The first-order chi connectivity index (χ1) is 11.3. The van der Waals surface area contributed by atoms with Gasteiger partial charge < -0.3 is 14.1 Å². The lowest BCUT2D eigenvalue weighted by Gasteiger charge is -2.03. The van der Waals surface area contributed by atoms with Gasteiger partial charge in [-0.05, 0) is 18.2 Å². The third-order valence-electron chi connectivity index (χ3n) is 3.92. The van der Waals surface area contributed by atoms with E-state index in [1.54, 1.807) is 12.3 Å². The molecule has 0 spiro atoms. The zero-order valence-electron chi connectivity index (χ0n) is 12.7. The van der Waals surface area contributed by atoms with Crippen LogP contribution in [0, 0.1) is 0 Å². The summed E-state index contributed by atoms with van der Waals surface area (Å²) < 4.78 is 9.56. The molecule has 0 aliphatic heterocycles. The van der Waals surface area contributed by atoms with Crippen molar-refractivity contribution in [3.63, 3.8) is 0 Å². The van der Waals surface area contributed by atoms with Crippen LogP contribution in [-0.2, 0) is 20.2 Å². The summed E-state index contributed by atoms with van der Waals surface area (Å²) in [7, 11) is 1.97. The van der Waals surface area contributed by atoms with Gasteiger partial charge in [-0.3, -0.25) is 4.68 Å². The highest BCUT2D eigenvalue weighted by atomic mass is 16.4. The van der Waals surface area contributed by atoms with E-state index in [-0.39, 0.29) is 6.61 Å². The highest BCUT2D eigenvalue weighted by Crippen LogP contribution is 2.29. The van der Waals surface area contributed by atoms with Crippen molar-refractivity contribution >= 4 is 10.9 Å². The van der Waals surface area contributed by atoms with Crippen molar-refractivity contribution in [1.29, 1.82) is 0 Å². The minimum Gasteiger partial charge on any atom is -0.457 e. The number of fused-ring (bicyclic) bond motifs is 1. The van der Waals surface area contributed by atoms with Crippen molar-refractivity contribution in [3.8, 4) is 11.5 Å². The number of nitrogens with zero attached hydrogens (tertiary/aromatic N) is 4. The van der Waals surface area contributed by atoms with Crippen LogP contribution in [0.5, 0.6) is 0 Å². The number of rotatable bonds is 4. The molecule has 4 rings (SSSR count). The lowest BCUT2D eigenvalue weighted by molar-refractivity contribution is 0.248. The van der Waals surface area contributed by atoms with Crippen molar-refractivity contribution in [2.24, 2.45) is 7.05 Å². The summed E-state index contributed by atoms with van der Waals surface area (Å²) in [5, 5.41) is 14.9. The summed E-state index contributed by atoms with van der Waals surface area (Å²) in [6, 6.07) is 11.6. The largest absolute Gasteiger partial charge is 0.457 e. The Morgan fingerprint density at radius 1 is 1.17 bits per heavy atom. The minimum atomic E-state index is -0.119. The SMILES string of the molecule is Cn1ccnc1Cn1nc(-c2ccc(CO)o2)c2ccccc21. The fourth-order valence-electron chi connectivity index (χ4n) is 2.70. The van der Waals surface area contributed by atoms with Crippen LogP contribution in [0.1, 0.15) is 11.6 Å². The molecule has 1 N–H and O–H groups in total. The predicted octanol–water partition coefficient (Wildman–Crippen LogP) is 2.57. The van der Waals surface area contributed by atoms with Gasteiger partial charge >= 0.3 is 0 Å². The number of benzene rings is 1. The minimum absolute atomic E-state index is 0.119. The topological polar surface area (TPSA) is 69.0 Å². The van der Waals surface area contributed by atoms with Crippen LogP contribution < -0.4 is 0 Å². The van der Waals surface area contributed by atoms with E-state index in [1.165, 1.54) is 0 Å². The molecule has 0 fully saturated rings. The van der Waals surface area contributed by atoms with Crippen molar-refractivity contribution in [2.45, 2.75) is 13.2 Å². The maximum absolute atomic E-state index is 9.19. The Morgan fingerprint density at radius 3 is 2.78 bits per heavy atom. The van der Waals surface area contributed by atoms with E-state index >= 15 is 0 Å². The van der Waals surface area contributed by atoms with Crippen molar-refractivity contribution in [3.05, 3.63) is 60.4 Å². The monoisotopic (exact) mass is 308 g/mol. The first-order valence-electron chi connectivity index (χ1n) is 7.38. The number of aromatic nitrogens is 4. The lowest BCUT2D eigenvalue weighted by atomic mass is 10.2. The summed E-state index contributed by atoms with van der Waals surface area (Å²) >= 11 is 0. The molecule has 0 saturated heterocycles. The van der Waals surface area contributed by atoms with Gasteiger partial charge in [0.05, 0.1) is 12.1 Å². The Hall–Kier alpha value is -2.86. The summed E-state index contributed by atoms with van der Waals surface area (Å²) in [4.78, 5) is 4.36. The number of imidazole rings is 1. The Labute approximate surface area is 132 Å². The van der Waals surface area contributed by atoms with Gasteiger partial charge in [0.2, 0.25) is 0 Å². The average molecular weight is 308 g/mol. The van der Waals surface area contributed by atoms with Gasteiger partial charge in [-0.1, -0.05) is 18.2 Å². The molecule has 0 atom stereocenters. The number of aliphatic hydroxyl groups is 1. The second-order valence-electron chi connectivity index (χ2n) is 5.40. The number of aliphatic hydroxyl groups excluding tert-OH is 1. The Bertz CT molecular complexity index is 964. The normalized spacial score (nSPS) is 11.4. The molecule has 0 radical (unpaired) electrons. The van der Waals surface area contributed by atoms with Crippen molar-refractivity contribution < 1.29 is 9.52 Å². The van der Waals surface area contributed by atoms with E-state index in [9.17, 15) is 5.11 Å². The summed E-state index contributed by atoms with van der Waals surface area (Å²) in [5.41, 5.74) is 1.79. The maximum atomic E-state index is 9.19. The number of hydrogen-bond donors (Lipinski definition) is 1. The molecule has 0 bridgehead atoms. The van der Waals surface area contributed by atoms with Gasteiger partial charge in [0.1, 0.15) is 23.9 Å². The first-order valence-corrected chi connectivity index (χ1v) is 7.38. The van der Waals surface area contributed by atoms with Gasteiger partial charge in [0.25, 0.3) is 0 Å². The first kappa shape index (κ1) is 13.8. The van der Waals surface area contributed by atoms with Gasteiger partial charge in [-0.15, -0.1) is 0 Å².